The van der Waals surface area contributed by atoms with Crippen LogP contribution < -0.4 is 9.47 Å². The summed E-state index contributed by atoms with van der Waals surface area (Å²) in [7, 11) is 2.84. The molecular weight excluding hydrogens is 230 g/mol. The lowest BCUT2D eigenvalue weighted by atomic mass is 10.1. The molecule has 1 aromatic carbocycles. The molecule has 0 amide bonds. The molecule has 0 heterocycles. The molecule has 1 rings (SSSR count). The molecule has 0 spiro atoms. The second kappa shape index (κ2) is 6.02. The van der Waals surface area contributed by atoms with Gasteiger partial charge in [-0.3, -0.25) is 10.1 Å². The number of nitrogens with zero attached hydrogens (tertiary/aromatic N) is 1. The first-order valence-electron chi connectivity index (χ1n) is 4.72. The van der Waals surface area contributed by atoms with Gasteiger partial charge in [0.1, 0.15) is 0 Å². The van der Waals surface area contributed by atoms with Gasteiger partial charge in [-0.2, -0.15) is 0 Å². The molecule has 0 bridgehead atoms. The zero-order chi connectivity index (χ0) is 12.8. The fraction of sp³-hybridized carbons (Fsp3) is 0.400. The van der Waals surface area contributed by atoms with E-state index in [1.807, 2.05) is 0 Å². The van der Waals surface area contributed by atoms with Crippen molar-refractivity contribution in [3.05, 3.63) is 27.8 Å². The van der Waals surface area contributed by atoms with Crippen LogP contribution in [0.1, 0.15) is 5.56 Å². The Balaban J connectivity index is 3.18. The lowest BCUT2D eigenvalue weighted by Gasteiger charge is -2.11. The van der Waals surface area contributed by atoms with Crippen molar-refractivity contribution in [2.45, 2.75) is 6.61 Å². The number of hydrogen-bond acceptors (Lipinski definition) is 6. The molecule has 94 valence electrons. The summed E-state index contributed by atoms with van der Waals surface area (Å²) in [6.45, 7) is -0.497. The molecular formula is C10H13NO6. The Morgan fingerprint density at radius 3 is 2.53 bits per heavy atom. The largest absolute Gasteiger partial charge is 0.493 e. The van der Waals surface area contributed by atoms with Crippen molar-refractivity contribution in [1.29, 1.82) is 0 Å². The third kappa shape index (κ3) is 3.05. The molecule has 0 aliphatic heterocycles. The summed E-state index contributed by atoms with van der Waals surface area (Å²) in [5.41, 5.74) is -0.0592. The Hall–Kier alpha value is -1.86. The van der Waals surface area contributed by atoms with Crippen molar-refractivity contribution in [2.75, 3.05) is 21.0 Å². The average molecular weight is 243 g/mol. The van der Waals surface area contributed by atoms with E-state index in [2.05, 4.69) is 0 Å². The number of aliphatic hydroxyl groups is 1. The van der Waals surface area contributed by atoms with Crippen LogP contribution in [0.3, 0.4) is 0 Å². The Kier molecular flexibility index (Phi) is 4.68. The van der Waals surface area contributed by atoms with E-state index in [0.29, 0.717) is 5.75 Å². The molecule has 7 heteroatoms. The SMILES string of the molecule is COCOc1cc([N+](=O)[O-])c(CO)cc1OC. The summed E-state index contributed by atoms with van der Waals surface area (Å²) in [6, 6.07) is 2.56. The van der Waals surface area contributed by atoms with E-state index in [1.165, 1.54) is 26.4 Å². The van der Waals surface area contributed by atoms with Crippen LogP contribution in [-0.4, -0.2) is 31.0 Å². The minimum Gasteiger partial charge on any atom is -0.493 e. The van der Waals surface area contributed by atoms with Crippen molar-refractivity contribution in [1.82, 2.24) is 0 Å². The van der Waals surface area contributed by atoms with Crippen molar-refractivity contribution in [3.8, 4) is 11.5 Å². The minimum absolute atomic E-state index is 0.0496. The maximum atomic E-state index is 10.8. The Labute approximate surface area is 97.7 Å². The first-order chi connectivity index (χ1) is 8.13. The highest BCUT2D eigenvalue weighted by Gasteiger charge is 2.19. The summed E-state index contributed by atoms with van der Waals surface area (Å²) in [6.07, 6.45) is 0. The highest BCUT2D eigenvalue weighted by atomic mass is 16.7. The van der Waals surface area contributed by atoms with Crippen molar-refractivity contribution in [3.63, 3.8) is 0 Å². The van der Waals surface area contributed by atoms with E-state index in [1.54, 1.807) is 0 Å². The topological polar surface area (TPSA) is 91.1 Å². The van der Waals surface area contributed by atoms with Gasteiger partial charge in [0.25, 0.3) is 5.69 Å². The van der Waals surface area contributed by atoms with Crippen LogP contribution in [0.4, 0.5) is 5.69 Å². The third-order valence-electron chi connectivity index (χ3n) is 2.06. The first-order valence-corrected chi connectivity index (χ1v) is 4.72. The normalized spacial score (nSPS) is 10.1. The first kappa shape index (κ1) is 13.2. The number of methoxy groups -OCH3 is 2. The number of ether oxygens (including phenoxy) is 3. The fourth-order valence-corrected chi connectivity index (χ4v) is 1.28. The fourth-order valence-electron chi connectivity index (χ4n) is 1.28. The molecule has 0 radical (unpaired) electrons. The smallest absolute Gasteiger partial charge is 0.278 e. The molecule has 0 saturated heterocycles. The summed E-state index contributed by atoms with van der Waals surface area (Å²) in [4.78, 5) is 10.2. The van der Waals surface area contributed by atoms with E-state index in [0.717, 1.165) is 0 Å². The van der Waals surface area contributed by atoms with Crippen molar-refractivity contribution in [2.24, 2.45) is 0 Å². The minimum atomic E-state index is -0.593. The van der Waals surface area contributed by atoms with Crippen LogP contribution in [0.5, 0.6) is 11.5 Å². The average Bonchev–Trinajstić information content (AvgIpc) is 2.34. The predicted molar refractivity (Wildman–Crippen MR) is 58.1 cm³/mol. The molecule has 0 aliphatic rings. The van der Waals surface area contributed by atoms with Gasteiger partial charge in [0, 0.05) is 7.11 Å². The van der Waals surface area contributed by atoms with Crippen LogP contribution in [-0.2, 0) is 11.3 Å². The van der Waals surface area contributed by atoms with Gasteiger partial charge in [-0.25, -0.2) is 0 Å². The number of nitro benzene ring substituents is 1. The third-order valence-corrected chi connectivity index (χ3v) is 2.06. The van der Waals surface area contributed by atoms with Crippen LogP contribution in [0.2, 0.25) is 0 Å². The maximum Gasteiger partial charge on any atom is 0.278 e. The molecule has 17 heavy (non-hydrogen) atoms. The predicted octanol–water partition coefficient (Wildman–Crippen LogP) is 1.08. The highest BCUT2D eigenvalue weighted by Crippen LogP contribution is 2.34. The quantitative estimate of drug-likeness (QED) is 0.456. The van der Waals surface area contributed by atoms with E-state index in [-0.39, 0.29) is 23.8 Å². The number of benzene rings is 1. The Morgan fingerprint density at radius 2 is 2.06 bits per heavy atom. The van der Waals surface area contributed by atoms with Gasteiger partial charge in [0.2, 0.25) is 0 Å². The second-order valence-corrected chi connectivity index (χ2v) is 3.10. The molecule has 0 saturated carbocycles. The molecule has 0 unspecified atom stereocenters. The molecule has 1 N–H and O–H groups in total. The molecule has 1 aromatic rings. The molecule has 0 aromatic heterocycles. The van der Waals surface area contributed by atoms with Crippen molar-refractivity contribution < 1.29 is 24.2 Å². The molecule has 0 atom stereocenters. The Morgan fingerprint density at radius 1 is 1.35 bits per heavy atom. The van der Waals surface area contributed by atoms with E-state index in [9.17, 15) is 10.1 Å². The molecule has 7 nitrogen and oxygen atoms in total. The summed E-state index contributed by atoms with van der Waals surface area (Å²) < 4.78 is 14.8. The van der Waals surface area contributed by atoms with Gasteiger partial charge in [-0.15, -0.1) is 0 Å². The van der Waals surface area contributed by atoms with E-state index in [4.69, 9.17) is 19.3 Å². The standard InChI is InChI=1S/C10H13NO6/c1-15-6-17-10-4-8(11(13)14)7(5-12)3-9(10)16-2/h3-4,12H,5-6H2,1-2H3. The van der Waals surface area contributed by atoms with Crippen LogP contribution in [0.25, 0.3) is 0 Å². The number of aliphatic hydroxyl groups excluding tert-OH is 1. The number of nitro groups is 1. The van der Waals surface area contributed by atoms with Gasteiger partial charge >= 0.3 is 0 Å². The van der Waals surface area contributed by atoms with Gasteiger partial charge in [-0.1, -0.05) is 0 Å². The number of rotatable bonds is 6. The highest BCUT2D eigenvalue weighted by molar-refractivity contribution is 5.54. The van der Waals surface area contributed by atoms with Gasteiger partial charge in [0.15, 0.2) is 18.3 Å². The van der Waals surface area contributed by atoms with Crippen LogP contribution in [0.15, 0.2) is 12.1 Å². The zero-order valence-corrected chi connectivity index (χ0v) is 9.50. The lowest BCUT2D eigenvalue weighted by molar-refractivity contribution is -0.386. The zero-order valence-electron chi connectivity index (χ0n) is 9.50. The van der Waals surface area contributed by atoms with E-state index >= 15 is 0 Å². The lowest BCUT2D eigenvalue weighted by Crippen LogP contribution is -2.03. The summed E-state index contributed by atoms with van der Waals surface area (Å²) >= 11 is 0. The van der Waals surface area contributed by atoms with Crippen molar-refractivity contribution >= 4 is 5.69 Å². The number of hydrogen-bond donors (Lipinski definition) is 1. The van der Waals surface area contributed by atoms with Gasteiger partial charge in [0.05, 0.1) is 30.3 Å². The summed E-state index contributed by atoms with van der Waals surface area (Å²) in [5.74, 6) is 0.495. The van der Waals surface area contributed by atoms with E-state index < -0.39 is 11.5 Å². The second-order valence-electron chi connectivity index (χ2n) is 3.10. The maximum absolute atomic E-state index is 10.8. The van der Waals surface area contributed by atoms with Crippen LogP contribution in [0, 0.1) is 10.1 Å². The summed E-state index contributed by atoms with van der Waals surface area (Å²) in [5, 5.41) is 19.8. The molecule has 0 aliphatic carbocycles. The Bertz CT molecular complexity index is 406. The van der Waals surface area contributed by atoms with Gasteiger partial charge in [-0.05, 0) is 6.07 Å². The van der Waals surface area contributed by atoms with Crippen LogP contribution >= 0.6 is 0 Å². The molecule has 0 fully saturated rings. The van der Waals surface area contributed by atoms with Gasteiger partial charge < -0.3 is 19.3 Å². The monoisotopic (exact) mass is 243 g/mol.